The Morgan fingerprint density at radius 2 is 1.60 bits per heavy atom. The van der Waals surface area contributed by atoms with E-state index in [9.17, 15) is 18.0 Å². The fourth-order valence-electron chi connectivity index (χ4n) is 3.67. The molecule has 0 aromatic heterocycles. The lowest BCUT2D eigenvalue weighted by Crippen LogP contribution is -2.47. The highest BCUT2D eigenvalue weighted by Crippen LogP contribution is 2.20. The van der Waals surface area contributed by atoms with E-state index in [4.69, 9.17) is 11.6 Å². The monoisotopic (exact) mass is 521 g/mol. The minimum Gasteiger partial charge on any atom is -0.354 e. The molecule has 9 heteroatoms. The lowest BCUT2D eigenvalue weighted by atomic mass is 10.1. The Kier molecular flexibility index (Phi) is 11.0. The minimum atomic E-state index is -3.52. The van der Waals surface area contributed by atoms with Crippen LogP contribution in [0.25, 0.3) is 0 Å². The molecule has 0 saturated heterocycles. The molecule has 0 heterocycles. The first-order valence-electron chi connectivity index (χ1n) is 11.9. The van der Waals surface area contributed by atoms with Gasteiger partial charge >= 0.3 is 0 Å². The van der Waals surface area contributed by atoms with E-state index in [1.165, 1.54) is 9.21 Å². The van der Waals surface area contributed by atoms with Gasteiger partial charge in [0.2, 0.25) is 21.8 Å². The molecule has 2 aromatic rings. The van der Waals surface area contributed by atoms with Gasteiger partial charge in [0.05, 0.1) is 11.9 Å². The molecule has 0 aliphatic carbocycles. The molecule has 0 spiro atoms. The molecule has 0 unspecified atom stereocenters. The van der Waals surface area contributed by atoms with Crippen molar-refractivity contribution in [3.05, 3.63) is 64.7 Å². The van der Waals surface area contributed by atoms with Gasteiger partial charge in [-0.1, -0.05) is 49.7 Å². The van der Waals surface area contributed by atoms with Gasteiger partial charge in [-0.05, 0) is 61.6 Å². The van der Waals surface area contributed by atoms with Crippen LogP contribution in [0.1, 0.15) is 51.2 Å². The molecule has 0 radical (unpaired) electrons. The third kappa shape index (κ3) is 8.85. The number of sulfonamides is 1. The standard InChI is InChI=1S/C26H36ClN3O4S/c1-5-17-28-26(32)20(3)29(19-22-9-13-23(27)14-10-22)25(31)8-7-18-30(35(4,33)34)24-15-11-21(6-2)12-16-24/h9-16,20H,5-8,17-19H2,1-4H3,(H,28,32)/t20-/m0/s1. The van der Waals surface area contributed by atoms with Crippen LogP contribution in [0.3, 0.4) is 0 Å². The number of nitrogens with zero attached hydrogens (tertiary/aromatic N) is 2. The molecular weight excluding hydrogens is 486 g/mol. The van der Waals surface area contributed by atoms with E-state index in [0.29, 0.717) is 23.7 Å². The van der Waals surface area contributed by atoms with Crippen molar-refractivity contribution >= 4 is 39.1 Å². The van der Waals surface area contributed by atoms with Crippen LogP contribution in [0.15, 0.2) is 48.5 Å². The van der Waals surface area contributed by atoms with E-state index < -0.39 is 16.1 Å². The number of carbonyl (C=O) groups is 2. The zero-order valence-corrected chi connectivity index (χ0v) is 22.5. The van der Waals surface area contributed by atoms with Crippen LogP contribution in [0.4, 0.5) is 5.69 Å². The number of nitrogens with one attached hydrogen (secondary N) is 1. The summed E-state index contributed by atoms with van der Waals surface area (Å²) in [5.41, 5.74) is 2.54. The maximum absolute atomic E-state index is 13.2. The van der Waals surface area contributed by atoms with E-state index in [2.05, 4.69) is 5.32 Å². The Morgan fingerprint density at radius 1 is 1.00 bits per heavy atom. The van der Waals surface area contributed by atoms with Gasteiger partial charge in [0, 0.05) is 31.1 Å². The number of anilines is 1. The lowest BCUT2D eigenvalue weighted by Gasteiger charge is -2.29. The van der Waals surface area contributed by atoms with E-state index in [-0.39, 0.29) is 31.3 Å². The lowest BCUT2D eigenvalue weighted by molar-refractivity contribution is -0.140. The highest BCUT2D eigenvalue weighted by molar-refractivity contribution is 7.92. The number of halogens is 1. The van der Waals surface area contributed by atoms with Crippen molar-refractivity contribution in [2.75, 3.05) is 23.7 Å². The van der Waals surface area contributed by atoms with Crippen molar-refractivity contribution in [2.24, 2.45) is 0 Å². The maximum atomic E-state index is 13.2. The van der Waals surface area contributed by atoms with Crippen molar-refractivity contribution in [1.82, 2.24) is 10.2 Å². The van der Waals surface area contributed by atoms with Crippen LogP contribution >= 0.6 is 11.6 Å². The number of hydrogen-bond donors (Lipinski definition) is 1. The van der Waals surface area contributed by atoms with Gasteiger partial charge in [-0.3, -0.25) is 13.9 Å². The fraction of sp³-hybridized carbons (Fsp3) is 0.462. The first kappa shape index (κ1) is 28.7. The summed E-state index contributed by atoms with van der Waals surface area (Å²) >= 11 is 5.98. The zero-order chi connectivity index (χ0) is 26.0. The summed E-state index contributed by atoms with van der Waals surface area (Å²) in [5.74, 6) is -0.433. The predicted molar refractivity (Wildman–Crippen MR) is 142 cm³/mol. The summed E-state index contributed by atoms with van der Waals surface area (Å²) in [5, 5.41) is 3.44. The molecule has 0 fully saturated rings. The molecule has 2 aromatic carbocycles. The van der Waals surface area contributed by atoms with Gasteiger partial charge in [-0.2, -0.15) is 0 Å². The molecule has 1 atom stereocenters. The first-order chi connectivity index (χ1) is 16.6. The number of hydrogen-bond acceptors (Lipinski definition) is 4. The van der Waals surface area contributed by atoms with Crippen LogP contribution in [-0.2, 0) is 32.6 Å². The fourth-order valence-corrected chi connectivity index (χ4v) is 4.76. The van der Waals surface area contributed by atoms with Crippen LogP contribution in [0.5, 0.6) is 0 Å². The third-order valence-corrected chi connectivity index (χ3v) is 7.21. The van der Waals surface area contributed by atoms with Gasteiger partial charge in [0.1, 0.15) is 6.04 Å². The van der Waals surface area contributed by atoms with E-state index >= 15 is 0 Å². The molecule has 192 valence electrons. The molecular formula is C26H36ClN3O4S. The van der Waals surface area contributed by atoms with E-state index in [1.54, 1.807) is 31.2 Å². The quantitative estimate of drug-likeness (QED) is 0.423. The van der Waals surface area contributed by atoms with Crippen molar-refractivity contribution in [2.45, 2.75) is 59.0 Å². The maximum Gasteiger partial charge on any atom is 0.242 e. The summed E-state index contributed by atoms with van der Waals surface area (Å²) in [7, 11) is -3.52. The van der Waals surface area contributed by atoms with Gasteiger partial charge in [-0.25, -0.2) is 8.42 Å². The van der Waals surface area contributed by atoms with Gasteiger partial charge in [0.15, 0.2) is 0 Å². The van der Waals surface area contributed by atoms with Crippen LogP contribution in [0, 0.1) is 0 Å². The second-order valence-corrected chi connectivity index (χ2v) is 10.9. The molecule has 7 nitrogen and oxygen atoms in total. The molecule has 0 saturated carbocycles. The Hall–Kier alpha value is -2.58. The van der Waals surface area contributed by atoms with Crippen LogP contribution in [-0.4, -0.2) is 50.5 Å². The molecule has 2 amide bonds. The molecule has 2 rings (SSSR count). The number of carbonyl (C=O) groups excluding carboxylic acids is 2. The largest absolute Gasteiger partial charge is 0.354 e. The van der Waals surface area contributed by atoms with E-state index in [0.717, 1.165) is 30.2 Å². The summed E-state index contributed by atoms with van der Waals surface area (Å²) in [6.45, 7) is 6.66. The van der Waals surface area contributed by atoms with Crippen LogP contribution in [0.2, 0.25) is 5.02 Å². The van der Waals surface area contributed by atoms with Gasteiger partial charge < -0.3 is 10.2 Å². The number of amides is 2. The van der Waals surface area contributed by atoms with Gasteiger partial charge in [-0.15, -0.1) is 0 Å². The van der Waals surface area contributed by atoms with Crippen molar-refractivity contribution in [3.63, 3.8) is 0 Å². The highest BCUT2D eigenvalue weighted by Gasteiger charge is 2.26. The summed E-state index contributed by atoms with van der Waals surface area (Å²) in [6.07, 6.45) is 3.25. The third-order valence-electron chi connectivity index (χ3n) is 5.77. The van der Waals surface area contributed by atoms with Crippen molar-refractivity contribution < 1.29 is 18.0 Å². The average molecular weight is 522 g/mol. The van der Waals surface area contributed by atoms with E-state index in [1.807, 2.05) is 38.1 Å². The first-order valence-corrected chi connectivity index (χ1v) is 14.2. The highest BCUT2D eigenvalue weighted by atomic mass is 35.5. The molecule has 0 bridgehead atoms. The Labute approximate surface area is 214 Å². The SMILES string of the molecule is CCCNC(=O)[C@H](C)N(Cc1ccc(Cl)cc1)C(=O)CCCN(c1ccc(CC)cc1)S(C)(=O)=O. The zero-order valence-electron chi connectivity index (χ0n) is 21.0. The number of rotatable bonds is 13. The van der Waals surface area contributed by atoms with Crippen molar-refractivity contribution in [3.8, 4) is 0 Å². The average Bonchev–Trinajstić information content (AvgIpc) is 2.83. The Bertz CT molecular complexity index is 1070. The summed E-state index contributed by atoms with van der Waals surface area (Å²) in [4.78, 5) is 27.4. The summed E-state index contributed by atoms with van der Waals surface area (Å²) in [6, 6.07) is 13.9. The summed E-state index contributed by atoms with van der Waals surface area (Å²) < 4.78 is 26.2. The molecule has 35 heavy (non-hydrogen) atoms. The van der Waals surface area contributed by atoms with Gasteiger partial charge in [0.25, 0.3) is 0 Å². The molecule has 1 N–H and O–H groups in total. The second-order valence-electron chi connectivity index (χ2n) is 8.57. The topological polar surface area (TPSA) is 86.8 Å². The molecule has 0 aliphatic heterocycles. The second kappa shape index (κ2) is 13.5. The Balaban J connectivity index is 2.14. The van der Waals surface area contributed by atoms with Crippen molar-refractivity contribution in [1.29, 1.82) is 0 Å². The number of aryl methyl sites for hydroxylation is 1. The Morgan fingerprint density at radius 3 is 2.14 bits per heavy atom. The van der Waals surface area contributed by atoms with Crippen LogP contribution < -0.4 is 9.62 Å². The minimum absolute atomic E-state index is 0.109. The number of benzene rings is 2. The smallest absolute Gasteiger partial charge is 0.242 e. The normalized spacial score (nSPS) is 12.1. The molecule has 0 aliphatic rings. The predicted octanol–water partition coefficient (Wildman–Crippen LogP) is 4.39.